The van der Waals surface area contributed by atoms with Crippen molar-refractivity contribution in [2.24, 2.45) is 5.92 Å². The van der Waals surface area contributed by atoms with Crippen LogP contribution in [0.1, 0.15) is 32.1 Å². The fourth-order valence-electron chi connectivity index (χ4n) is 2.47. The average Bonchev–Trinajstić information content (AvgIpc) is 2.42. The second-order valence-corrected chi connectivity index (χ2v) is 4.99. The van der Waals surface area contributed by atoms with Gasteiger partial charge in [-0.3, -0.25) is 0 Å². The Kier molecular flexibility index (Phi) is 5.46. The predicted octanol–water partition coefficient (Wildman–Crippen LogP) is 3.83. The fraction of sp³-hybridized carbons (Fsp3) is 0.600. The van der Waals surface area contributed by atoms with Crippen molar-refractivity contribution in [3.8, 4) is 0 Å². The van der Waals surface area contributed by atoms with Gasteiger partial charge in [0.1, 0.15) is 5.82 Å². The van der Waals surface area contributed by atoms with E-state index in [0.717, 1.165) is 12.5 Å². The quantitative estimate of drug-likeness (QED) is 0.776. The fourth-order valence-corrected chi connectivity index (χ4v) is 2.47. The van der Waals surface area contributed by atoms with E-state index in [1.54, 1.807) is 12.1 Å². The van der Waals surface area contributed by atoms with Gasteiger partial charge in [-0.15, -0.1) is 0 Å². The molecule has 2 nitrogen and oxygen atoms in total. The summed E-state index contributed by atoms with van der Waals surface area (Å²) in [6, 6.07) is 6.73. The van der Waals surface area contributed by atoms with Crippen LogP contribution in [0.15, 0.2) is 24.3 Å². The highest BCUT2D eigenvalue weighted by Gasteiger charge is 2.12. The van der Waals surface area contributed by atoms with Crippen molar-refractivity contribution in [2.45, 2.75) is 32.1 Å². The average molecular weight is 251 g/mol. The summed E-state index contributed by atoms with van der Waals surface area (Å²) in [7, 11) is 0. The summed E-state index contributed by atoms with van der Waals surface area (Å²) < 4.78 is 18.9. The summed E-state index contributed by atoms with van der Waals surface area (Å²) in [5, 5.41) is 3.05. The van der Waals surface area contributed by atoms with E-state index >= 15 is 0 Å². The molecule has 100 valence electrons. The Labute approximate surface area is 109 Å². The minimum atomic E-state index is -0.204. The molecule has 0 amide bonds. The van der Waals surface area contributed by atoms with Gasteiger partial charge in [0, 0.05) is 13.2 Å². The first-order valence-electron chi connectivity index (χ1n) is 6.92. The topological polar surface area (TPSA) is 21.3 Å². The van der Waals surface area contributed by atoms with Crippen LogP contribution in [0.4, 0.5) is 10.1 Å². The van der Waals surface area contributed by atoms with E-state index in [9.17, 15) is 4.39 Å². The summed E-state index contributed by atoms with van der Waals surface area (Å²) in [5.41, 5.74) is 0.554. The Bertz CT molecular complexity index is 350. The molecule has 3 heteroatoms. The maximum absolute atomic E-state index is 13.3. The van der Waals surface area contributed by atoms with Crippen LogP contribution < -0.4 is 5.32 Å². The van der Waals surface area contributed by atoms with Gasteiger partial charge in [-0.25, -0.2) is 4.39 Å². The molecule has 1 saturated carbocycles. The van der Waals surface area contributed by atoms with E-state index in [-0.39, 0.29) is 5.82 Å². The van der Waals surface area contributed by atoms with Crippen LogP contribution in [-0.2, 0) is 4.74 Å². The van der Waals surface area contributed by atoms with Crippen molar-refractivity contribution in [3.05, 3.63) is 30.1 Å². The summed E-state index contributed by atoms with van der Waals surface area (Å²) in [6.45, 7) is 2.16. The number of hydrogen-bond acceptors (Lipinski definition) is 2. The van der Waals surface area contributed by atoms with E-state index in [4.69, 9.17) is 4.74 Å². The number of nitrogens with one attached hydrogen (secondary N) is 1. The SMILES string of the molecule is Fc1ccccc1NCCOCC1CCCCC1. The molecule has 0 radical (unpaired) electrons. The van der Waals surface area contributed by atoms with Crippen LogP contribution in [0.25, 0.3) is 0 Å². The molecule has 0 heterocycles. The number of benzene rings is 1. The largest absolute Gasteiger partial charge is 0.380 e. The highest BCUT2D eigenvalue weighted by Crippen LogP contribution is 2.23. The summed E-state index contributed by atoms with van der Waals surface area (Å²) >= 11 is 0. The van der Waals surface area contributed by atoms with E-state index in [1.165, 1.54) is 38.2 Å². The van der Waals surface area contributed by atoms with Gasteiger partial charge < -0.3 is 10.1 Å². The molecule has 1 N–H and O–H groups in total. The molecule has 0 saturated heterocycles. The third-order valence-electron chi connectivity index (χ3n) is 3.51. The van der Waals surface area contributed by atoms with Crippen LogP contribution in [0, 0.1) is 11.7 Å². The zero-order chi connectivity index (χ0) is 12.6. The predicted molar refractivity (Wildman–Crippen MR) is 72.3 cm³/mol. The van der Waals surface area contributed by atoms with Gasteiger partial charge in [0.2, 0.25) is 0 Å². The minimum Gasteiger partial charge on any atom is -0.380 e. The Balaban J connectivity index is 1.57. The lowest BCUT2D eigenvalue weighted by Crippen LogP contribution is -2.17. The molecule has 0 bridgehead atoms. The molecule has 0 unspecified atom stereocenters. The highest BCUT2D eigenvalue weighted by molar-refractivity contribution is 5.44. The van der Waals surface area contributed by atoms with E-state index in [0.29, 0.717) is 18.8 Å². The number of rotatable bonds is 6. The van der Waals surface area contributed by atoms with Crippen molar-refractivity contribution >= 4 is 5.69 Å². The standard InChI is InChI=1S/C15H22FNO/c16-14-8-4-5-9-15(14)17-10-11-18-12-13-6-2-1-3-7-13/h4-5,8-9,13,17H,1-3,6-7,10-12H2. The van der Waals surface area contributed by atoms with Crippen molar-refractivity contribution < 1.29 is 9.13 Å². The van der Waals surface area contributed by atoms with Crippen molar-refractivity contribution in [2.75, 3.05) is 25.1 Å². The van der Waals surface area contributed by atoms with Gasteiger partial charge in [0.15, 0.2) is 0 Å². The lowest BCUT2D eigenvalue weighted by molar-refractivity contribution is 0.0924. The molecule has 0 aliphatic heterocycles. The molecule has 1 aliphatic carbocycles. The number of ether oxygens (including phenoxy) is 1. The molecule has 0 atom stereocenters. The van der Waals surface area contributed by atoms with E-state index in [2.05, 4.69) is 5.32 Å². The Morgan fingerprint density at radius 2 is 1.94 bits per heavy atom. The first-order valence-corrected chi connectivity index (χ1v) is 6.92. The van der Waals surface area contributed by atoms with Gasteiger partial charge in [0.05, 0.1) is 12.3 Å². The normalized spacial score (nSPS) is 16.7. The van der Waals surface area contributed by atoms with Crippen LogP contribution >= 0.6 is 0 Å². The lowest BCUT2D eigenvalue weighted by Gasteiger charge is -2.21. The van der Waals surface area contributed by atoms with Crippen LogP contribution in [0.3, 0.4) is 0 Å². The molecule has 1 fully saturated rings. The molecule has 18 heavy (non-hydrogen) atoms. The van der Waals surface area contributed by atoms with Crippen LogP contribution in [0.2, 0.25) is 0 Å². The monoisotopic (exact) mass is 251 g/mol. The zero-order valence-electron chi connectivity index (χ0n) is 10.8. The summed E-state index contributed by atoms with van der Waals surface area (Å²) in [4.78, 5) is 0. The lowest BCUT2D eigenvalue weighted by atomic mass is 9.90. The number of anilines is 1. The second kappa shape index (κ2) is 7.37. The molecule has 0 spiro atoms. The molecule has 0 aromatic heterocycles. The number of para-hydroxylation sites is 1. The Hall–Kier alpha value is -1.09. The van der Waals surface area contributed by atoms with Crippen molar-refractivity contribution in [1.82, 2.24) is 0 Å². The van der Waals surface area contributed by atoms with Crippen molar-refractivity contribution in [1.29, 1.82) is 0 Å². The molecule has 2 rings (SSSR count). The second-order valence-electron chi connectivity index (χ2n) is 4.99. The maximum atomic E-state index is 13.3. The Morgan fingerprint density at radius 3 is 2.72 bits per heavy atom. The van der Waals surface area contributed by atoms with Gasteiger partial charge in [-0.1, -0.05) is 31.4 Å². The van der Waals surface area contributed by atoms with Gasteiger partial charge >= 0.3 is 0 Å². The summed E-state index contributed by atoms with van der Waals surface area (Å²) in [6.07, 6.45) is 6.69. The smallest absolute Gasteiger partial charge is 0.146 e. The molecule has 1 aromatic rings. The number of halogens is 1. The van der Waals surface area contributed by atoms with Gasteiger partial charge in [-0.05, 0) is 30.9 Å². The van der Waals surface area contributed by atoms with E-state index in [1.807, 2.05) is 6.07 Å². The van der Waals surface area contributed by atoms with Crippen LogP contribution in [0.5, 0.6) is 0 Å². The minimum absolute atomic E-state index is 0.204. The molecular formula is C15H22FNO. The van der Waals surface area contributed by atoms with Gasteiger partial charge in [0.25, 0.3) is 0 Å². The number of hydrogen-bond donors (Lipinski definition) is 1. The van der Waals surface area contributed by atoms with Crippen molar-refractivity contribution in [3.63, 3.8) is 0 Å². The third kappa shape index (κ3) is 4.30. The molecule has 1 aromatic carbocycles. The highest BCUT2D eigenvalue weighted by atomic mass is 19.1. The third-order valence-corrected chi connectivity index (χ3v) is 3.51. The van der Waals surface area contributed by atoms with E-state index < -0.39 is 0 Å². The zero-order valence-corrected chi connectivity index (χ0v) is 10.8. The first-order chi connectivity index (χ1) is 8.86. The summed E-state index contributed by atoms with van der Waals surface area (Å²) in [5.74, 6) is 0.539. The van der Waals surface area contributed by atoms with Gasteiger partial charge in [-0.2, -0.15) is 0 Å². The first kappa shape index (κ1) is 13.3. The molecule has 1 aliphatic rings. The molecular weight excluding hydrogens is 229 g/mol. The van der Waals surface area contributed by atoms with Crippen LogP contribution in [-0.4, -0.2) is 19.8 Å². The Morgan fingerprint density at radius 1 is 1.17 bits per heavy atom. The maximum Gasteiger partial charge on any atom is 0.146 e.